The number of rotatable bonds is 5. The second-order valence-electron chi connectivity index (χ2n) is 4.86. The first-order valence-electron chi connectivity index (χ1n) is 7.07. The van der Waals surface area contributed by atoms with Gasteiger partial charge in [0.15, 0.2) is 5.17 Å². The summed E-state index contributed by atoms with van der Waals surface area (Å²) in [4.78, 5) is 24.9. The number of hydrogen-bond acceptors (Lipinski definition) is 6. The molecule has 0 spiro atoms. The van der Waals surface area contributed by atoms with Crippen LogP contribution in [0.15, 0.2) is 63.3 Å². The van der Waals surface area contributed by atoms with Gasteiger partial charge in [-0.15, -0.1) is 5.10 Å². The Hall–Kier alpha value is -2.87. The molecule has 1 atom stereocenters. The van der Waals surface area contributed by atoms with Gasteiger partial charge in [0.25, 0.3) is 0 Å². The van der Waals surface area contributed by atoms with Crippen molar-refractivity contribution in [3.63, 3.8) is 0 Å². The molecule has 0 bridgehead atoms. The number of amidine groups is 1. The fraction of sp³-hybridized carbons (Fsp3) is 0.125. The maximum absolute atomic E-state index is 12.5. The summed E-state index contributed by atoms with van der Waals surface area (Å²) in [6.07, 6.45) is 2.67. The summed E-state index contributed by atoms with van der Waals surface area (Å²) in [7, 11) is 0. The summed E-state index contributed by atoms with van der Waals surface area (Å²) < 4.78 is 5.12. The lowest BCUT2D eigenvalue weighted by Gasteiger charge is -2.15. The average molecular weight is 343 g/mol. The van der Waals surface area contributed by atoms with Gasteiger partial charge in [-0.25, -0.2) is 0 Å². The molecule has 8 heteroatoms. The van der Waals surface area contributed by atoms with Gasteiger partial charge in [0.2, 0.25) is 5.91 Å². The molecule has 1 aromatic heterocycles. The molecule has 1 N–H and O–H groups in total. The predicted molar refractivity (Wildman–Crippen MR) is 91.3 cm³/mol. The highest BCUT2D eigenvalue weighted by atomic mass is 32.2. The highest BCUT2D eigenvalue weighted by Gasteiger charge is 2.40. The number of thioether (sulfide) groups is 1. The Labute approximate surface area is 141 Å². The van der Waals surface area contributed by atoms with Crippen LogP contribution in [0.1, 0.15) is 12.2 Å². The van der Waals surface area contributed by atoms with Gasteiger partial charge >= 0.3 is 5.97 Å². The monoisotopic (exact) mass is 343 g/mol. The minimum atomic E-state index is -1.03. The molecule has 1 aromatic carbocycles. The highest BCUT2D eigenvalue weighted by Crippen LogP contribution is 2.33. The van der Waals surface area contributed by atoms with Crippen LogP contribution in [0, 0.1) is 0 Å². The number of benzene rings is 1. The van der Waals surface area contributed by atoms with Crippen LogP contribution in [0.3, 0.4) is 0 Å². The lowest BCUT2D eigenvalue weighted by atomic mass is 10.2. The van der Waals surface area contributed by atoms with E-state index in [0.29, 0.717) is 16.6 Å². The molecule has 0 unspecified atom stereocenters. The van der Waals surface area contributed by atoms with Gasteiger partial charge in [0.1, 0.15) is 11.0 Å². The maximum Gasteiger partial charge on any atom is 0.305 e. The zero-order valence-electron chi connectivity index (χ0n) is 12.4. The lowest BCUT2D eigenvalue weighted by molar-refractivity contribution is -0.138. The number of para-hydroxylation sites is 1. The zero-order valence-corrected chi connectivity index (χ0v) is 13.2. The normalized spacial score (nSPS) is 19.5. The van der Waals surface area contributed by atoms with Crippen molar-refractivity contribution in [2.75, 3.05) is 4.90 Å². The van der Waals surface area contributed by atoms with E-state index in [-0.39, 0.29) is 12.3 Å². The van der Waals surface area contributed by atoms with Crippen LogP contribution >= 0.6 is 11.8 Å². The van der Waals surface area contributed by atoms with E-state index in [4.69, 9.17) is 9.52 Å². The highest BCUT2D eigenvalue weighted by molar-refractivity contribution is 8.16. The van der Waals surface area contributed by atoms with Gasteiger partial charge in [-0.3, -0.25) is 14.5 Å². The van der Waals surface area contributed by atoms with Crippen molar-refractivity contribution in [1.29, 1.82) is 0 Å². The van der Waals surface area contributed by atoms with E-state index in [1.165, 1.54) is 17.4 Å². The first kappa shape index (κ1) is 16.0. The Bertz CT molecular complexity index is 787. The van der Waals surface area contributed by atoms with E-state index in [2.05, 4.69) is 10.2 Å². The van der Waals surface area contributed by atoms with E-state index in [1.54, 1.807) is 36.4 Å². The topological polar surface area (TPSA) is 95.5 Å². The molecule has 2 heterocycles. The van der Waals surface area contributed by atoms with Crippen LogP contribution in [0.25, 0.3) is 0 Å². The van der Waals surface area contributed by atoms with Gasteiger partial charge in [0, 0.05) is 0 Å². The minimum Gasteiger partial charge on any atom is -0.481 e. The Kier molecular flexibility index (Phi) is 4.76. The number of carboxylic acid groups (broad SMARTS) is 1. The summed E-state index contributed by atoms with van der Waals surface area (Å²) in [5.41, 5.74) is 0.620. The number of carboxylic acids is 1. The van der Waals surface area contributed by atoms with Crippen molar-refractivity contribution in [3.05, 3.63) is 54.5 Å². The van der Waals surface area contributed by atoms with Gasteiger partial charge in [-0.2, -0.15) is 5.10 Å². The number of amides is 1. The van der Waals surface area contributed by atoms with Crippen molar-refractivity contribution in [2.45, 2.75) is 11.7 Å². The molecule has 3 rings (SSSR count). The largest absolute Gasteiger partial charge is 0.481 e. The second kappa shape index (κ2) is 7.14. The van der Waals surface area contributed by atoms with E-state index >= 15 is 0 Å². The van der Waals surface area contributed by atoms with Crippen LogP contribution < -0.4 is 4.90 Å². The maximum atomic E-state index is 12.5. The van der Waals surface area contributed by atoms with Gasteiger partial charge in [0.05, 0.1) is 24.6 Å². The number of aliphatic carboxylic acids is 1. The van der Waals surface area contributed by atoms with Crippen LogP contribution in [0.4, 0.5) is 5.69 Å². The molecule has 7 nitrogen and oxygen atoms in total. The molecule has 0 radical (unpaired) electrons. The molecular weight excluding hydrogens is 330 g/mol. The fourth-order valence-electron chi connectivity index (χ4n) is 2.14. The van der Waals surface area contributed by atoms with Gasteiger partial charge in [-0.05, 0) is 24.3 Å². The van der Waals surface area contributed by atoms with Gasteiger partial charge < -0.3 is 9.52 Å². The first-order chi connectivity index (χ1) is 11.6. The molecule has 1 fully saturated rings. The van der Waals surface area contributed by atoms with Crippen LogP contribution in [0.5, 0.6) is 0 Å². The number of carbonyl (C=O) groups is 2. The fourth-order valence-corrected chi connectivity index (χ4v) is 3.22. The van der Waals surface area contributed by atoms with Crippen molar-refractivity contribution < 1.29 is 19.1 Å². The number of nitrogens with zero attached hydrogens (tertiary/aromatic N) is 3. The third-order valence-corrected chi connectivity index (χ3v) is 4.31. The Morgan fingerprint density at radius 3 is 2.75 bits per heavy atom. The summed E-state index contributed by atoms with van der Waals surface area (Å²) >= 11 is 1.09. The van der Waals surface area contributed by atoms with Crippen molar-refractivity contribution in [2.24, 2.45) is 10.2 Å². The lowest BCUT2D eigenvalue weighted by Crippen LogP contribution is -2.32. The predicted octanol–water partition coefficient (Wildman–Crippen LogP) is 2.59. The Balaban J connectivity index is 1.88. The molecule has 122 valence electrons. The van der Waals surface area contributed by atoms with E-state index in [0.717, 1.165) is 11.8 Å². The zero-order chi connectivity index (χ0) is 16.9. The minimum absolute atomic E-state index is 0.270. The average Bonchev–Trinajstić information content (AvgIpc) is 3.17. The molecular formula is C16H13N3O4S. The Morgan fingerprint density at radius 2 is 2.08 bits per heavy atom. The number of carbonyl (C=O) groups excluding carboxylic acids is 1. The summed E-state index contributed by atoms with van der Waals surface area (Å²) in [5.74, 6) is -0.822. The summed E-state index contributed by atoms with van der Waals surface area (Å²) in [6.45, 7) is 0. The van der Waals surface area contributed by atoms with Crippen molar-refractivity contribution >= 4 is 40.7 Å². The van der Waals surface area contributed by atoms with Crippen molar-refractivity contribution in [1.82, 2.24) is 0 Å². The second-order valence-corrected chi connectivity index (χ2v) is 6.03. The number of furan rings is 1. The quantitative estimate of drug-likeness (QED) is 0.665. The molecule has 0 saturated carbocycles. The number of anilines is 1. The summed E-state index contributed by atoms with van der Waals surface area (Å²) in [6, 6.07) is 12.4. The van der Waals surface area contributed by atoms with E-state index in [1.807, 2.05) is 6.07 Å². The third kappa shape index (κ3) is 3.54. The van der Waals surface area contributed by atoms with Crippen molar-refractivity contribution in [3.8, 4) is 0 Å². The molecule has 0 aliphatic carbocycles. The Morgan fingerprint density at radius 1 is 1.29 bits per heavy atom. The number of hydrogen-bond donors (Lipinski definition) is 1. The van der Waals surface area contributed by atoms with Crippen LogP contribution in [-0.2, 0) is 9.59 Å². The molecule has 1 aliphatic heterocycles. The van der Waals surface area contributed by atoms with E-state index < -0.39 is 11.2 Å². The van der Waals surface area contributed by atoms with Crippen LogP contribution in [-0.4, -0.2) is 33.6 Å². The first-order valence-corrected chi connectivity index (χ1v) is 7.95. The summed E-state index contributed by atoms with van der Waals surface area (Å²) in [5, 5.41) is 16.6. The molecule has 2 aromatic rings. The molecule has 24 heavy (non-hydrogen) atoms. The SMILES string of the molecule is O=C(O)C[C@H]1S/C(=N\N=C\c2ccco2)N(c2ccccc2)C1=O. The standard InChI is InChI=1S/C16H13N3O4S/c20-14(21)9-13-15(22)19(11-5-2-1-3-6-11)16(24-13)18-17-10-12-7-4-8-23-12/h1-8,10,13H,9H2,(H,20,21)/b17-10+,18-16-/t13-/m1/s1. The van der Waals surface area contributed by atoms with Crippen LogP contribution in [0.2, 0.25) is 0 Å². The van der Waals surface area contributed by atoms with Gasteiger partial charge in [-0.1, -0.05) is 30.0 Å². The molecule has 1 aliphatic rings. The molecule has 1 saturated heterocycles. The smallest absolute Gasteiger partial charge is 0.305 e. The molecule has 1 amide bonds. The van der Waals surface area contributed by atoms with E-state index in [9.17, 15) is 9.59 Å². The third-order valence-electron chi connectivity index (χ3n) is 3.18.